The fourth-order valence-electron chi connectivity index (χ4n) is 0.821. The third-order valence-corrected chi connectivity index (χ3v) is 2.24. The first-order valence-electron chi connectivity index (χ1n) is 3.33. The van der Waals surface area contributed by atoms with Gasteiger partial charge in [0.15, 0.2) is 5.78 Å². The van der Waals surface area contributed by atoms with Gasteiger partial charge >= 0.3 is 0 Å². The summed E-state index contributed by atoms with van der Waals surface area (Å²) in [7, 11) is 0. The predicted molar refractivity (Wildman–Crippen MR) is 52.5 cm³/mol. The first kappa shape index (κ1) is 9.71. The molecule has 0 saturated heterocycles. The molecule has 1 rings (SSSR count). The summed E-state index contributed by atoms with van der Waals surface area (Å²) in [6, 6.07) is 5.10. The predicted octanol–water partition coefficient (Wildman–Crippen LogP) is 2.24. The van der Waals surface area contributed by atoms with E-state index in [4.69, 9.17) is 17.3 Å². The Balaban J connectivity index is 3.13. The lowest BCUT2D eigenvalue weighted by molar-refractivity contribution is 0.100. The maximum Gasteiger partial charge on any atom is 0.177 e. The lowest BCUT2D eigenvalue weighted by Gasteiger charge is -2.00. The average Bonchev–Trinajstić information content (AvgIpc) is 2.08. The molecule has 1 aromatic rings. The average molecular weight is 249 g/mol. The lowest BCUT2D eigenvalue weighted by atomic mass is 10.1. The fraction of sp³-hybridized carbons (Fsp3) is 0.125. The highest BCUT2D eigenvalue weighted by atomic mass is 79.9. The number of rotatable bonds is 2. The van der Waals surface area contributed by atoms with Crippen molar-refractivity contribution in [2.75, 3.05) is 6.54 Å². The molecule has 0 amide bonds. The molecular formula is C8H7BrClNO. The molecule has 0 atom stereocenters. The maximum atomic E-state index is 11.2. The summed E-state index contributed by atoms with van der Waals surface area (Å²) in [5.41, 5.74) is 5.67. The van der Waals surface area contributed by atoms with E-state index >= 15 is 0 Å². The molecule has 0 bridgehead atoms. The third-order valence-electron chi connectivity index (χ3n) is 1.41. The van der Waals surface area contributed by atoms with E-state index in [0.717, 1.165) is 4.47 Å². The zero-order valence-corrected chi connectivity index (χ0v) is 8.52. The number of benzene rings is 1. The van der Waals surface area contributed by atoms with Crippen LogP contribution >= 0.6 is 27.5 Å². The van der Waals surface area contributed by atoms with E-state index < -0.39 is 0 Å². The van der Waals surface area contributed by atoms with Gasteiger partial charge in [0.2, 0.25) is 0 Å². The summed E-state index contributed by atoms with van der Waals surface area (Å²) in [5.74, 6) is -0.152. The van der Waals surface area contributed by atoms with Gasteiger partial charge in [-0.15, -0.1) is 0 Å². The van der Waals surface area contributed by atoms with Crippen LogP contribution in [0.4, 0.5) is 0 Å². The van der Waals surface area contributed by atoms with Gasteiger partial charge in [-0.05, 0) is 18.2 Å². The Morgan fingerprint density at radius 2 is 2.25 bits per heavy atom. The van der Waals surface area contributed by atoms with Crippen LogP contribution in [0.5, 0.6) is 0 Å². The van der Waals surface area contributed by atoms with Crippen LogP contribution in [0.3, 0.4) is 0 Å². The van der Waals surface area contributed by atoms with Crippen LogP contribution in [0, 0.1) is 0 Å². The molecule has 0 aliphatic rings. The molecule has 0 saturated carbocycles. The Morgan fingerprint density at radius 3 is 2.83 bits per heavy atom. The first-order chi connectivity index (χ1) is 5.65. The van der Waals surface area contributed by atoms with E-state index in [1.807, 2.05) is 0 Å². The third kappa shape index (κ3) is 2.06. The molecule has 0 aromatic heterocycles. The zero-order chi connectivity index (χ0) is 9.14. The van der Waals surface area contributed by atoms with Crippen LogP contribution < -0.4 is 5.73 Å². The standard InChI is InChI=1S/C8H7BrClNO/c9-5-1-2-7(10)6(3-5)8(12)4-11/h1-3H,4,11H2. The number of halogens is 2. The summed E-state index contributed by atoms with van der Waals surface area (Å²) < 4.78 is 0.823. The van der Waals surface area contributed by atoms with Crippen molar-refractivity contribution >= 4 is 33.3 Å². The van der Waals surface area contributed by atoms with Gasteiger partial charge in [-0.1, -0.05) is 27.5 Å². The number of hydrogen-bond acceptors (Lipinski definition) is 2. The number of Topliss-reactive ketones (excluding diaryl/α,β-unsaturated/α-hetero) is 1. The van der Waals surface area contributed by atoms with Gasteiger partial charge < -0.3 is 5.73 Å². The minimum absolute atomic E-state index is 0.0177. The van der Waals surface area contributed by atoms with Gasteiger partial charge in [0.05, 0.1) is 11.6 Å². The molecule has 0 aliphatic heterocycles. The molecule has 0 spiro atoms. The molecule has 0 radical (unpaired) electrons. The van der Waals surface area contributed by atoms with Gasteiger partial charge in [0.1, 0.15) is 0 Å². The Morgan fingerprint density at radius 1 is 1.58 bits per heavy atom. The normalized spacial score (nSPS) is 9.92. The van der Waals surface area contributed by atoms with Crippen molar-refractivity contribution < 1.29 is 4.79 Å². The van der Waals surface area contributed by atoms with E-state index in [9.17, 15) is 4.79 Å². The van der Waals surface area contributed by atoms with Gasteiger partial charge in [-0.3, -0.25) is 4.79 Å². The molecule has 2 nitrogen and oxygen atoms in total. The molecule has 1 aromatic carbocycles. The number of nitrogens with two attached hydrogens (primary N) is 1. The van der Waals surface area contributed by atoms with Crippen molar-refractivity contribution in [1.29, 1.82) is 0 Å². The summed E-state index contributed by atoms with van der Waals surface area (Å²) in [5, 5.41) is 0.439. The van der Waals surface area contributed by atoms with Gasteiger partial charge in [0, 0.05) is 10.0 Å². The van der Waals surface area contributed by atoms with E-state index in [1.165, 1.54) is 0 Å². The first-order valence-corrected chi connectivity index (χ1v) is 4.50. The summed E-state index contributed by atoms with van der Waals surface area (Å²) in [6.07, 6.45) is 0. The quantitative estimate of drug-likeness (QED) is 0.816. The maximum absolute atomic E-state index is 11.2. The molecule has 0 heterocycles. The van der Waals surface area contributed by atoms with Gasteiger partial charge in [-0.2, -0.15) is 0 Å². The summed E-state index contributed by atoms with van der Waals surface area (Å²) in [6.45, 7) is -0.0177. The molecule has 0 unspecified atom stereocenters. The van der Waals surface area contributed by atoms with Crippen LogP contribution in [-0.4, -0.2) is 12.3 Å². The summed E-state index contributed by atoms with van der Waals surface area (Å²) >= 11 is 9.01. The van der Waals surface area contributed by atoms with Crippen molar-refractivity contribution in [3.63, 3.8) is 0 Å². The van der Waals surface area contributed by atoms with Gasteiger partial charge in [-0.25, -0.2) is 0 Å². The monoisotopic (exact) mass is 247 g/mol. The van der Waals surface area contributed by atoms with E-state index in [-0.39, 0.29) is 12.3 Å². The van der Waals surface area contributed by atoms with Crippen LogP contribution in [0.25, 0.3) is 0 Å². The highest BCUT2D eigenvalue weighted by molar-refractivity contribution is 9.10. The Kier molecular flexibility index (Phi) is 3.26. The fourth-order valence-corrected chi connectivity index (χ4v) is 1.41. The van der Waals surface area contributed by atoms with Crippen LogP contribution in [0.2, 0.25) is 5.02 Å². The molecule has 0 aliphatic carbocycles. The van der Waals surface area contributed by atoms with Crippen LogP contribution in [0.1, 0.15) is 10.4 Å². The van der Waals surface area contributed by atoms with Gasteiger partial charge in [0.25, 0.3) is 0 Å². The van der Waals surface area contributed by atoms with Crippen LogP contribution in [0.15, 0.2) is 22.7 Å². The molecule has 2 N–H and O–H groups in total. The second-order valence-electron chi connectivity index (χ2n) is 2.25. The SMILES string of the molecule is NCC(=O)c1cc(Br)ccc1Cl. The second-order valence-corrected chi connectivity index (χ2v) is 3.57. The largest absolute Gasteiger partial charge is 0.324 e. The lowest BCUT2D eigenvalue weighted by Crippen LogP contribution is -2.13. The Labute approximate surface area is 83.8 Å². The molecule has 0 fully saturated rings. The molecule has 64 valence electrons. The Bertz CT molecular complexity index is 314. The number of carbonyl (C=O) groups is 1. The summed E-state index contributed by atoms with van der Waals surface area (Å²) in [4.78, 5) is 11.2. The molecule has 4 heteroatoms. The van der Waals surface area contributed by atoms with Crippen molar-refractivity contribution in [3.8, 4) is 0 Å². The Hall–Kier alpha value is -0.380. The van der Waals surface area contributed by atoms with Crippen molar-refractivity contribution in [1.82, 2.24) is 0 Å². The highest BCUT2D eigenvalue weighted by Crippen LogP contribution is 2.20. The van der Waals surface area contributed by atoms with Crippen LogP contribution in [-0.2, 0) is 0 Å². The zero-order valence-electron chi connectivity index (χ0n) is 6.18. The number of ketones is 1. The number of hydrogen-bond donors (Lipinski definition) is 1. The van der Waals surface area contributed by atoms with E-state index in [2.05, 4.69) is 15.9 Å². The molecular weight excluding hydrogens is 241 g/mol. The smallest absolute Gasteiger partial charge is 0.177 e. The number of carbonyl (C=O) groups excluding carboxylic acids is 1. The minimum atomic E-state index is -0.152. The van der Waals surface area contributed by atoms with Crippen molar-refractivity contribution in [2.24, 2.45) is 5.73 Å². The van der Waals surface area contributed by atoms with Crippen molar-refractivity contribution in [3.05, 3.63) is 33.3 Å². The van der Waals surface area contributed by atoms with E-state index in [1.54, 1.807) is 18.2 Å². The topological polar surface area (TPSA) is 43.1 Å². The van der Waals surface area contributed by atoms with Crippen molar-refractivity contribution in [2.45, 2.75) is 0 Å². The highest BCUT2D eigenvalue weighted by Gasteiger charge is 2.08. The van der Waals surface area contributed by atoms with E-state index in [0.29, 0.717) is 10.6 Å². The molecule has 12 heavy (non-hydrogen) atoms. The minimum Gasteiger partial charge on any atom is -0.324 e. The second kappa shape index (κ2) is 4.03.